The summed E-state index contributed by atoms with van der Waals surface area (Å²) in [5.74, 6) is 0.232. The molecule has 1 saturated heterocycles. The molecule has 3 rings (SSSR count). The van der Waals surface area contributed by atoms with Gasteiger partial charge >= 0.3 is 0 Å². The zero-order valence-electron chi connectivity index (χ0n) is 11.5. The van der Waals surface area contributed by atoms with Crippen LogP contribution in [0.15, 0.2) is 24.3 Å². The second-order valence-corrected chi connectivity index (χ2v) is 6.96. The number of nitrogens with one attached hydrogen (secondary N) is 1. The third-order valence-corrected chi connectivity index (χ3v) is 5.87. The summed E-state index contributed by atoms with van der Waals surface area (Å²) in [5, 5.41) is 4.98. The van der Waals surface area contributed by atoms with E-state index in [4.69, 9.17) is 11.6 Å². The molecule has 1 fully saturated rings. The van der Waals surface area contributed by atoms with Crippen LogP contribution in [-0.2, 0) is 0 Å². The van der Waals surface area contributed by atoms with E-state index in [-0.39, 0.29) is 11.2 Å². The third-order valence-electron chi connectivity index (χ3n) is 4.20. The van der Waals surface area contributed by atoms with E-state index in [1.54, 1.807) is 0 Å². The Morgan fingerprint density at radius 1 is 1.45 bits per heavy atom. The highest BCUT2D eigenvalue weighted by molar-refractivity contribution is 7.21. The Kier molecular flexibility index (Phi) is 3.85. The van der Waals surface area contributed by atoms with Crippen molar-refractivity contribution in [2.45, 2.75) is 26.2 Å². The number of fused-ring (bicyclic) bond motifs is 1. The SMILES string of the molecule is CCCC1(C(=O)c2sc3ccccc3c2Cl)CCNC1. The fourth-order valence-electron chi connectivity index (χ4n) is 3.14. The van der Waals surface area contributed by atoms with E-state index in [0.717, 1.165) is 47.3 Å². The Labute approximate surface area is 128 Å². The lowest BCUT2D eigenvalue weighted by Gasteiger charge is -2.25. The molecule has 2 aromatic rings. The molecule has 2 heterocycles. The fraction of sp³-hybridized carbons (Fsp3) is 0.438. The minimum Gasteiger partial charge on any atom is -0.316 e. The van der Waals surface area contributed by atoms with Crippen molar-refractivity contribution in [3.05, 3.63) is 34.2 Å². The molecule has 0 amide bonds. The van der Waals surface area contributed by atoms with Crippen molar-refractivity contribution in [3.8, 4) is 0 Å². The van der Waals surface area contributed by atoms with Crippen LogP contribution in [-0.4, -0.2) is 18.9 Å². The van der Waals surface area contributed by atoms with E-state index in [0.29, 0.717) is 5.02 Å². The van der Waals surface area contributed by atoms with Gasteiger partial charge in [0, 0.05) is 22.0 Å². The summed E-state index contributed by atoms with van der Waals surface area (Å²) in [6.07, 6.45) is 2.88. The van der Waals surface area contributed by atoms with Gasteiger partial charge in [-0.3, -0.25) is 4.79 Å². The van der Waals surface area contributed by atoms with Crippen molar-refractivity contribution in [1.29, 1.82) is 0 Å². The number of hydrogen-bond donors (Lipinski definition) is 1. The van der Waals surface area contributed by atoms with Crippen LogP contribution in [0.2, 0.25) is 5.02 Å². The van der Waals surface area contributed by atoms with E-state index in [9.17, 15) is 4.79 Å². The molecule has 2 nitrogen and oxygen atoms in total. The average Bonchev–Trinajstić information content (AvgIpc) is 3.05. The minimum atomic E-state index is -0.251. The lowest BCUT2D eigenvalue weighted by atomic mass is 9.78. The number of carbonyl (C=O) groups excluding carboxylic acids is 1. The standard InChI is InChI=1S/C16H18ClNOS/c1-2-7-16(8-9-18-10-16)15(19)14-13(17)11-5-3-4-6-12(11)20-14/h3-6,18H,2,7-10H2,1H3. The Morgan fingerprint density at radius 2 is 2.25 bits per heavy atom. The first-order valence-corrected chi connectivity index (χ1v) is 8.30. The van der Waals surface area contributed by atoms with Gasteiger partial charge in [0.1, 0.15) is 0 Å². The van der Waals surface area contributed by atoms with Crippen molar-refractivity contribution < 1.29 is 4.79 Å². The van der Waals surface area contributed by atoms with Crippen molar-refractivity contribution in [3.63, 3.8) is 0 Å². The molecule has 1 aromatic carbocycles. The number of rotatable bonds is 4. The average molecular weight is 308 g/mol. The van der Waals surface area contributed by atoms with Crippen LogP contribution >= 0.6 is 22.9 Å². The summed E-state index contributed by atoms with van der Waals surface area (Å²) in [6.45, 7) is 3.85. The molecule has 106 valence electrons. The first-order valence-electron chi connectivity index (χ1n) is 7.10. The van der Waals surface area contributed by atoms with Crippen LogP contribution in [0.3, 0.4) is 0 Å². The molecule has 1 aliphatic heterocycles. The molecule has 1 unspecified atom stereocenters. The van der Waals surface area contributed by atoms with Crippen molar-refractivity contribution in [1.82, 2.24) is 5.32 Å². The van der Waals surface area contributed by atoms with Gasteiger partial charge in [-0.1, -0.05) is 43.1 Å². The topological polar surface area (TPSA) is 29.1 Å². The smallest absolute Gasteiger partial charge is 0.181 e. The molecule has 0 bridgehead atoms. The van der Waals surface area contributed by atoms with E-state index in [1.165, 1.54) is 11.3 Å². The largest absolute Gasteiger partial charge is 0.316 e. The number of ketones is 1. The van der Waals surface area contributed by atoms with Gasteiger partial charge in [0.2, 0.25) is 0 Å². The molecular weight excluding hydrogens is 290 g/mol. The van der Waals surface area contributed by atoms with Gasteiger partial charge in [-0.05, 0) is 25.5 Å². The maximum atomic E-state index is 13.0. The number of carbonyl (C=O) groups is 1. The maximum Gasteiger partial charge on any atom is 0.181 e. The molecule has 1 N–H and O–H groups in total. The van der Waals surface area contributed by atoms with Gasteiger partial charge in [-0.25, -0.2) is 0 Å². The van der Waals surface area contributed by atoms with Crippen molar-refractivity contribution >= 4 is 38.8 Å². The summed E-state index contributed by atoms with van der Waals surface area (Å²) in [7, 11) is 0. The monoisotopic (exact) mass is 307 g/mol. The highest BCUT2D eigenvalue weighted by Gasteiger charge is 2.42. The first kappa shape index (κ1) is 14.1. The first-order chi connectivity index (χ1) is 9.68. The number of hydrogen-bond acceptors (Lipinski definition) is 3. The van der Waals surface area contributed by atoms with Gasteiger partial charge in [0.25, 0.3) is 0 Å². The van der Waals surface area contributed by atoms with Crippen molar-refractivity contribution in [2.24, 2.45) is 5.41 Å². The second-order valence-electron chi connectivity index (χ2n) is 5.53. The van der Waals surface area contributed by atoms with Crippen LogP contribution in [0.1, 0.15) is 35.9 Å². The molecular formula is C16H18ClNOS. The van der Waals surface area contributed by atoms with Crippen LogP contribution in [0, 0.1) is 5.41 Å². The van der Waals surface area contributed by atoms with Crippen LogP contribution in [0.4, 0.5) is 0 Å². The minimum absolute atomic E-state index is 0.232. The summed E-state index contributed by atoms with van der Waals surface area (Å²) in [5.41, 5.74) is -0.251. The van der Waals surface area contributed by atoms with E-state index in [1.807, 2.05) is 24.3 Å². The molecule has 4 heteroatoms. The zero-order valence-corrected chi connectivity index (χ0v) is 13.1. The molecule has 1 aliphatic rings. The number of halogens is 1. The van der Waals surface area contributed by atoms with Gasteiger partial charge in [-0.2, -0.15) is 0 Å². The fourth-order valence-corrected chi connectivity index (χ4v) is 4.72. The highest BCUT2D eigenvalue weighted by Crippen LogP contribution is 2.42. The number of benzene rings is 1. The van der Waals surface area contributed by atoms with E-state index in [2.05, 4.69) is 12.2 Å². The summed E-state index contributed by atoms with van der Waals surface area (Å²) >= 11 is 8.00. The van der Waals surface area contributed by atoms with Crippen LogP contribution in [0.25, 0.3) is 10.1 Å². The Morgan fingerprint density at radius 3 is 2.90 bits per heavy atom. The predicted molar refractivity (Wildman–Crippen MR) is 86.0 cm³/mol. The normalized spacial score (nSPS) is 22.5. The van der Waals surface area contributed by atoms with Gasteiger partial charge in [-0.15, -0.1) is 11.3 Å². The van der Waals surface area contributed by atoms with Gasteiger partial charge in [0.05, 0.1) is 9.90 Å². The van der Waals surface area contributed by atoms with Gasteiger partial charge in [0.15, 0.2) is 5.78 Å². The molecule has 0 radical (unpaired) electrons. The van der Waals surface area contributed by atoms with Crippen molar-refractivity contribution in [2.75, 3.05) is 13.1 Å². The Hall–Kier alpha value is -0.900. The zero-order chi connectivity index (χ0) is 14.2. The Balaban J connectivity index is 2.05. The quantitative estimate of drug-likeness (QED) is 0.842. The number of thiophene rings is 1. The van der Waals surface area contributed by atoms with Crippen LogP contribution in [0.5, 0.6) is 0 Å². The van der Waals surface area contributed by atoms with E-state index >= 15 is 0 Å². The molecule has 20 heavy (non-hydrogen) atoms. The van der Waals surface area contributed by atoms with Gasteiger partial charge < -0.3 is 5.32 Å². The molecule has 0 saturated carbocycles. The predicted octanol–water partition coefficient (Wildman–Crippen LogP) is 4.52. The highest BCUT2D eigenvalue weighted by atomic mass is 35.5. The lowest BCUT2D eigenvalue weighted by Crippen LogP contribution is -2.33. The Bertz CT molecular complexity index is 643. The van der Waals surface area contributed by atoms with E-state index < -0.39 is 0 Å². The van der Waals surface area contributed by atoms with Crippen LogP contribution < -0.4 is 5.32 Å². The maximum absolute atomic E-state index is 13.0. The molecule has 0 spiro atoms. The third kappa shape index (κ3) is 2.18. The lowest BCUT2D eigenvalue weighted by molar-refractivity contribution is 0.0806. The molecule has 1 aromatic heterocycles. The summed E-state index contributed by atoms with van der Waals surface area (Å²) in [4.78, 5) is 13.8. The summed E-state index contributed by atoms with van der Waals surface area (Å²) in [6, 6.07) is 7.98. The molecule has 0 aliphatic carbocycles. The second kappa shape index (κ2) is 5.47. The molecule has 1 atom stereocenters. The summed E-state index contributed by atoms with van der Waals surface area (Å²) < 4.78 is 1.10. The number of Topliss-reactive ketones (excluding diaryl/α,β-unsaturated/α-hetero) is 1.